The number of thiophene rings is 3. The maximum absolute atomic E-state index is 5.00. The zero-order valence-corrected chi connectivity index (χ0v) is 58.2. The third-order valence-electron chi connectivity index (χ3n) is 18.0. The van der Waals surface area contributed by atoms with Gasteiger partial charge in [-0.05, 0) is 162 Å². The highest BCUT2D eigenvalue weighted by molar-refractivity contribution is 7.26. The molecule has 19 aromatic rings. The van der Waals surface area contributed by atoms with E-state index >= 15 is 0 Å². The average Bonchev–Trinajstić information content (AvgIpc) is 1.79. The van der Waals surface area contributed by atoms with Gasteiger partial charge in [0.1, 0.15) is 17.5 Å². The van der Waals surface area contributed by atoms with E-state index in [1.807, 2.05) is 79.0 Å². The molecule has 6 aromatic heterocycles. The van der Waals surface area contributed by atoms with Crippen LogP contribution in [0.15, 0.2) is 315 Å². The lowest BCUT2D eigenvalue weighted by Gasteiger charge is -2.11. The predicted octanol–water partition coefficient (Wildman–Crippen LogP) is 24.9. The molecule has 0 aliphatic heterocycles. The topological polar surface area (TPSA) is 116 Å². The number of nitrogens with zero attached hydrogens (tertiary/aromatic N) is 9. The van der Waals surface area contributed by atoms with Gasteiger partial charge in [-0.15, -0.1) is 34.0 Å². The molecular weight excluding hydrogens is 1320 g/mol. The van der Waals surface area contributed by atoms with Crippen LogP contribution in [0.2, 0.25) is 0 Å². The van der Waals surface area contributed by atoms with E-state index in [-0.39, 0.29) is 7.43 Å². The third kappa shape index (κ3) is 13.7. The smallest absolute Gasteiger partial charge is 0.163 e. The first-order valence-corrected chi connectivity index (χ1v) is 36.2. The summed E-state index contributed by atoms with van der Waals surface area (Å²) in [6, 6.07) is 110. The maximum Gasteiger partial charge on any atom is 0.163 e. The van der Waals surface area contributed by atoms with Crippen LogP contribution in [-0.4, -0.2) is 44.9 Å². The number of aryl methyl sites for hydroxylation is 3. The van der Waals surface area contributed by atoms with Crippen molar-refractivity contribution in [2.24, 2.45) is 0 Å². The van der Waals surface area contributed by atoms with E-state index in [0.29, 0.717) is 52.4 Å². The van der Waals surface area contributed by atoms with Gasteiger partial charge in [-0.25, -0.2) is 44.9 Å². The predicted molar refractivity (Wildman–Crippen MR) is 433 cm³/mol. The van der Waals surface area contributed by atoms with Gasteiger partial charge in [0.25, 0.3) is 0 Å². The van der Waals surface area contributed by atoms with E-state index in [4.69, 9.17) is 24.9 Å². The molecule has 12 heteroatoms. The number of benzene rings is 13. The number of hydrogen-bond acceptors (Lipinski definition) is 12. The molecule has 0 atom stereocenters. The van der Waals surface area contributed by atoms with Crippen molar-refractivity contribution in [2.75, 3.05) is 0 Å². The summed E-state index contributed by atoms with van der Waals surface area (Å²) < 4.78 is 7.70. The fraction of sp³-hybridized carbons (Fsp3) is 0.0440. The molecule has 0 saturated carbocycles. The fourth-order valence-corrected chi connectivity index (χ4v) is 16.3. The Morgan fingerprint density at radius 1 is 0.165 bits per heavy atom. The maximum atomic E-state index is 5.00. The molecule has 0 bridgehead atoms. The van der Waals surface area contributed by atoms with E-state index in [0.717, 1.165) is 61.2 Å². The summed E-state index contributed by atoms with van der Waals surface area (Å²) >= 11 is 5.44. The van der Waals surface area contributed by atoms with Crippen molar-refractivity contribution in [3.8, 4) is 113 Å². The van der Waals surface area contributed by atoms with Gasteiger partial charge >= 0.3 is 0 Å². The lowest BCUT2D eigenvalue weighted by molar-refractivity contribution is 0.992. The lowest BCUT2D eigenvalue weighted by atomic mass is 9.96. The van der Waals surface area contributed by atoms with Crippen molar-refractivity contribution >= 4 is 94.5 Å². The zero-order chi connectivity index (χ0) is 68.5. The Bertz CT molecular complexity index is 6240. The van der Waals surface area contributed by atoms with Gasteiger partial charge in [-0.2, -0.15) is 0 Å². The van der Waals surface area contributed by atoms with Gasteiger partial charge in [0.05, 0.1) is 0 Å². The van der Waals surface area contributed by atoms with Gasteiger partial charge in [-0.1, -0.05) is 226 Å². The van der Waals surface area contributed by atoms with Crippen LogP contribution in [-0.2, 0) is 0 Å². The first-order valence-electron chi connectivity index (χ1n) is 33.7. The fourth-order valence-electron chi connectivity index (χ4n) is 13.1. The molecule has 0 aliphatic carbocycles. The molecule has 492 valence electrons. The van der Waals surface area contributed by atoms with Crippen LogP contribution in [0.4, 0.5) is 0 Å². The Hall–Kier alpha value is -12.5. The molecule has 103 heavy (non-hydrogen) atoms. The second-order valence-corrected chi connectivity index (χ2v) is 28.2. The van der Waals surface area contributed by atoms with E-state index in [9.17, 15) is 0 Å². The molecular formula is C91H65N9S3. The van der Waals surface area contributed by atoms with Gasteiger partial charge in [0, 0.05) is 93.9 Å². The largest absolute Gasteiger partial charge is 0.213 e. The Morgan fingerprint density at radius 3 is 0.777 bits per heavy atom. The van der Waals surface area contributed by atoms with Gasteiger partial charge in [0.15, 0.2) is 34.9 Å². The molecule has 13 aromatic carbocycles. The minimum atomic E-state index is 0. The van der Waals surface area contributed by atoms with Gasteiger partial charge in [-0.3, -0.25) is 0 Å². The summed E-state index contributed by atoms with van der Waals surface area (Å²) in [4.78, 5) is 42.8. The van der Waals surface area contributed by atoms with E-state index in [1.54, 1.807) is 0 Å². The molecule has 0 fully saturated rings. The average molecular weight is 1380 g/mol. The first-order chi connectivity index (χ1) is 50.2. The molecule has 0 unspecified atom stereocenters. The summed E-state index contributed by atoms with van der Waals surface area (Å²) in [7, 11) is 0. The summed E-state index contributed by atoms with van der Waals surface area (Å²) in [5.41, 5.74) is 15.2. The summed E-state index contributed by atoms with van der Waals surface area (Å²) in [5.74, 6) is 6.30. The normalized spacial score (nSPS) is 11.2. The highest BCUT2D eigenvalue weighted by Crippen LogP contribution is 2.41. The summed E-state index contributed by atoms with van der Waals surface area (Å²) in [5, 5.41) is 7.54. The minimum Gasteiger partial charge on any atom is -0.213 e. The number of rotatable bonds is 10. The Labute approximate surface area is 609 Å². The van der Waals surface area contributed by atoms with Crippen molar-refractivity contribution < 1.29 is 0 Å². The number of fused-ring (bicyclic) bond motifs is 9. The van der Waals surface area contributed by atoms with E-state index in [1.165, 1.54) is 77.2 Å². The highest BCUT2D eigenvalue weighted by atomic mass is 32.1. The monoisotopic (exact) mass is 1380 g/mol. The van der Waals surface area contributed by atoms with E-state index < -0.39 is 0 Å². The van der Waals surface area contributed by atoms with Crippen LogP contribution in [0.25, 0.3) is 173 Å². The third-order valence-corrected chi connectivity index (χ3v) is 21.5. The summed E-state index contributed by atoms with van der Waals surface area (Å²) in [6.45, 7) is 5.78. The SMILES string of the molecule is C.Cc1nc(-c2cc(-c3ccccc3)cc(-c3ccccc3)c2)nc(-c2ccc3sc4ccccc4c3c2)n1.Cc1nc(-c2ccc(-c3ccccc3)cc2)nc(-c2ccc3sc4ccccc4c3c2)n1.Cc1nc(-c2cccc(-c3ccccc3)c2)nc(-c2ccc3sc4ccccc4c3c2)n1. The molecule has 0 spiro atoms. The molecule has 0 saturated heterocycles. The molecule has 0 N–H and O–H groups in total. The van der Waals surface area contributed by atoms with Crippen LogP contribution in [0.3, 0.4) is 0 Å². The molecule has 0 radical (unpaired) electrons. The quantitative estimate of drug-likeness (QED) is 0.132. The molecule has 0 amide bonds. The van der Waals surface area contributed by atoms with Gasteiger partial charge in [0.2, 0.25) is 0 Å². The van der Waals surface area contributed by atoms with Gasteiger partial charge < -0.3 is 0 Å². The minimum absolute atomic E-state index is 0. The molecule has 0 aliphatic rings. The van der Waals surface area contributed by atoms with Crippen LogP contribution in [0.5, 0.6) is 0 Å². The van der Waals surface area contributed by atoms with Crippen LogP contribution in [0, 0.1) is 20.8 Å². The van der Waals surface area contributed by atoms with Crippen LogP contribution < -0.4 is 0 Å². The van der Waals surface area contributed by atoms with Crippen LogP contribution in [0.1, 0.15) is 24.9 Å². The highest BCUT2D eigenvalue weighted by Gasteiger charge is 2.18. The van der Waals surface area contributed by atoms with Crippen molar-refractivity contribution in [1.29, 1.82) is 0 Å². The molecule has 6 heterocycles. The molecule has 9 nitrogen and oxygen atoms in total. The lowest BCUT2D eigenvalue weighted by Crippen LogP contribution is -2.00. The van der Waals surface area contributed by atoms with Crippen molar-refractivity contribution in [2.45, 2.75) is 28.2 Å². The Balaban J connectivity index is 0.000000119. The van der Waals surface area contributed by atoms with Crippen LogP contribution >= 0.6 is 34.0 Å². The van der Waals surface area contributed by atoms with Crippen molar-refractivity contribution in [1.82, 2.24) is 44.9 Å². The standard InChI is InChI=1S/C34H23N3S.2C28H19N3S.CH4/c1-22-35-33(25-16-17-32-30(21-25)29-14-8-9-15-31(29)38-32)37-34(36-22)28-19-26(23-10-4-2-5-11-23)18-27(20-28)24-12-6-3-7-13-24;1-18-29-27(21-11-7-10-20(16-21)19-8-3-2-4-9-19)31-28(30-18)22-14-15-26-24(17-22)23-12-5-6-13-25(23)32-26;1-18-29-27(21-13-11-20(12-14-21)19-7-3-2-4-8-19)31-28(30-18)22-15-16-26-24(17-22)23-9-5-6-10-25(23)32-26;/h2-21H,1H3;2*2-17H,1H3;1H4. The zero-order valence-electron chi connectivity index (χ0n) is 55.8. The Kier molecular flexibility index (Phi) is 18.1. The first kappa shape index (κ1) is 65.2. The molecule has 19 rings (SSSR count). The van der Waals surface area contributed by atoms with Crippen molar-refractivity contribution in [3.63, 3.8) is 0 Å². The summed E-state index contributed by atoms with van der Waals surface area (Å²) in [6.07, 6.45) is 0. The second-order valence-electron chi connectivity index (χ2n) is 24.9. The van der Waals surface area contributed by atoms with Crippen molar-refractivity contribution in [3.05, 3.63) is 333 Å². The number of aromatic nitrogens is 9. The Morgan fingerprint density at radius 2 is 0.398 bits per heavy atom. The van der Waals surface area contributed by atoms with E-state index in [2.05, 4.69) is 311 Å². The number of hydrogen-bond donors (Lipinski definition) is 0. The second kappa shape index (κ2) is 28.7.